The van der Waals surface area contributed by atoms with E-state index in [-0.39, 0.29) is 25.7 Å². The Hall–Kier alpha value is -4.97. The van der Waals surface area contributed by atoms with Gasteiger partial charge in [0.15, 0.2) is 0 Å². The van der Waals surface area contributed by atoms with Crippen LogP contribution in [0.4, 0.5) is 0 Å². The molecule has 0 amide bonds. The fourth-order valence-electron chi connectivity index (χ4n) is 8.05. The number of para-hydroxylation sites is 4. The molecule has 63 heavy (non-hydrogen) atoms. The maximum absolute atomic E-state index is 6.27. The highest BCUT2D eigenvalue weighted by Crippen LogP contribution is 2.38. The van der Waals surface area contributed by atoms with Gasteiger partial charge in [-0.15, -0.1) is 0 Å². The first-order chi connectivity index (χ1) is 30.0. The topological polar surface area (TPSA) is 28.3 Å². The van der Waals surface area contributed by atoms with Crippen LogP contribution in [0.3, 0.4) is 0 Å². The van der Waals surface area contributed by atoms with Crippen molar-refractivity contribution in [1.29, 1.82) is 0 Å². The predicted octanol–water partition coefficient (Wildman–Crippen LogP) is 16.0. The van der Waals surface area contributed by atoms with Crippen LogP contribution < -0.4 is 5.46 Å². The molecule has 0 unspecified atom stereocenters. The summed E-state index contributed by atoms with van der Waals surface area (Å²) >= 11 is 9.13. The molecule has 10 aromatic rings. The zero-order valence-electron chi connectivity index (χ0n) is 34.9. The van der Waals surface area contributed by atoms with Crippen molar-refractivity contribution in [2.24, 2.45) is 0 Å². The monoisotopic (exact) mass is 1060 g/mol. The van der Waals surface area contributed by atoms with Gasteiger partial charge in [-0.25, -0.2) is 0 Å². The number of nitrogens with zero attached hydrogens (tertiary/aromatic N) is 2. The Labute approximate surface area is 401 Å². The van der Waals surface area contributed by atoms with Crippen LogP contribution in [0.15, 0.2) is 203 Å². The first-order valence-corrected chi connectivity index (χ1v) is 23.3. The van der Waals surface area contributed by atoms with E-state index in [0.29, 0.717) is 0 Å². The fourth-order valence-corrected chi connectivity index (χ4v) is 8.94. The van der Waals surface area contributed by atoms with Crippen LogP contribution in [0.2, 0.25) is 0 Å². The minimum atomic E-state index is -0.353. The van der Waals surface area contributed by atoms with Crippen molar-refractivity contribution in [2.75, 3.05) is 0 Å². The molecular formula is C55H48BBr2IN2O2. The van der Waals surface area contributed by atoms with Crippen LogP contribution in [0.25, 0.3) is 66.1 Å². The number of hydrogen-bond donors (Lipinski definition) is 0. The molecule has 1 fully saturated rings. The average molecular weight is 1070 g/mol. The molecule has 1 aliphatic rings. The molecule has 0 radical (unpaired) electrons. The van der Waals surface area contributed by atoms with Gasteiger partial charge in [0.2, 0.25) is 0 Å². The maximum Gasteiger partial charge on any atom is 0.494 e. The standard InChI is InChI=1S/C24H24BNO2.C24H16BrN.C6H4BrI.CH4/c1-23(2)24(3,4)28-25(27-23)17-14-15-22-20(16-17)19-12-8-9-13-21(19)26(22)18-10-6-5-7-11-18;25-19-13-10-17(11-14-19)18-12-15-24-22(16-18)21-8-4-5-9-23(21)26(24)20-6-2-1-3-7-20;7-5-1-3-6(8)4-2-5;/h5-16H,1-4H3;1-16H;1-4H;1H4. The molecule has 314 valence electrons. The molecule has 8 heteroatoms. The summed E-state index contributed by atoms with van der Waals surface area (Å²) in [5.74, 6) is 0. The first kappa shape index (κ1) is 44.6. The zero-order chi connectivity index (χ0) is 43.0. The van der Waals surface area contributed by atoms with Crippen LogP contribution in [0.1, 0.15) is 35.1 Å². The Morgan fingerprint density at radius 1 is 0.429 bits per heavy atom. The fraction of sp³-hybridized carbons (Fsp3) is 0.127. The summed E-state index contributed by atoms with van der Waals surface area (Å²) in [6.45, 7) is 8.36. The van der Waals surface area contributed by atoms with Crippen molar-refractivity contribution in [3.05, 3.63) is 207 Å². The summed E-state index contributed by atoms with van der Waals surface area (Å²) in [6, 6.07) is 68.2. The van der Waals surface area contributed by atoms with Crippen LogP contribution >= 0.6 is 54.5 Å². The molecule has 4 nitrogen and oxygen atoms in total. The molecular weight excluding hydrogens is 1020 g/mol. The summed E-state index contributed by atoms with van der Waals surface area (Å²) in [4.78, 5) is 0. The van der Waals surface area contributed by atoms with Gasteiger partial charge in [0.1, 0.15) is 0 Å². The van der Waals surface area contributed by atoms with E-state index >= 15 is 0 Å². The van der Waals surface area contributed by atoms with Gasteiger partial charge in [-0.1, -0.05) is 142 Å². The number of benzene rings is 8. The molecule has 0 aliphatic carbocycles. The van der Waals surface area contributed by atoms with E-state index in [1.165, 1.54) is 64.0 Å². The lowest BCUT2D eigenvalue weighted by atomic mass is 9.78. The number of halogens is 3. The van der Waals surface area contributed by atoms with Gasteiger partial charge in [0.05, 0.1) is 33.3 Å². The van der Waals surface area contributed by atoms with Crippen LogP contribution in [-0.4, -0.2) is 27.5 Å². The quantitative estimate of drug-likeness (QED) is 0.130. The molecule has 11 rings (SSSR count). The van der Waals surface area contributed by atoms with Crippen molar-refractivity contribution in [3.63, 3.8) is 0 Å². The highest BCUT2D eigenvalue weighted by molar-refractivity contribution is 14.1. The largest absolute Gasteiger partial charge is 0.494 e. The second kappa shape index (κ2) is 18.6. The van der Waals surface area contributed by atoms with Crippen LogP contribution in [0.5, 0.6) is 0 Å². The smallest absolute Gasteiger partial charge is 0.399 e. The molecule has 1 aliphatic heterocycles. The number of hydrogen-bond acceptors (Lipinski definition) is 2. The number of fused-ring (bicyclic) bond motifs is 6. The van der Waals surface area contributed by atoms with E-state index in [1.807, 2.05) is 18.2 Å². The third kappa shape index (κ3) is 9.07. The van der Waals surface area contributed by atoms with Crippen LogP contribution in [-0.2, 0) is 9.31 Å². The molecule has 3 heterocycles. The maximum atomic E-state index is 6.27. The summed E-state index contributed by atoms with van der Waals surface area (Å²) in [5.41, 5.74) is 10.1. The lowest BCUT2D eigenvalue weighted by Gasteiger charge is -2.32. The Morgan fingerprint density at radius 2 is 0.825 bits per heavy atom. The molecule has 0 N–H and O–H groups in total. The Kier molecular flexibility index (Phi) is 13.2. The van der Waals surface area contributed by atoms with Crippen molar-refractivity contribution in [1.82, 2.24) is 9.13 Å². The molecule has 2 aromatic heterocycles. The number of rotatable bonds is 4. The summed E-state index contributed by atoms with van der Waals surface area (Å²) in [7, 11) is -0.353. The molecule has 1 saturated heterocycles. The van der Waals surface area contributed by atoms with Gasteiger partial charge in [0, 0.05) is 45.4 Å². The molecule has 0 bridgehead atoms. The second-order valence-corrected chi connectivity index (χ2v) is 19.5. The van der Waals surface area contributed by atoms with E-state index in [9.17, 15) is 0 Å². The predicted molar refractivity (Wildman–Crippen MR) is 284 cm³/mol. The van der Waals surface area contributed by atoms with Crippen molar-refractivity contribution in [3.8, 4) is 22.5 Å². The van der Waals surface area contributed by atoms with Gasteiger partial charge in [-0.2, -0.15) is 0 Å². The first-order valence-electron chi connectivity index (χ1n) is 20.7. The zero-order valence-corrected chi connectivity index (χ0v) is 40.2. The van der Waals surface area contributed by atoms with E-state index in [0.717, 1.165) is 20.1 Å². The Morgan fingerprint density at radius 3 is 1.32 bits per heavy atom. The van der Waals surface area contributed by atoms with Crippen molar-refractivity contribution >= 4 is 111 Å². The van der Waals surface area contributed by atoms with Gasteiger partial charge < -0.3 is 18.4 Å². The molecule has 0 atom stereocenters. The summed E-state index contributed by atoms with van der Waals surface area (Å²) in [5, 5.41) is 5.02. The second-order valence-electron chi connectivity index (χ2n) is 16.4. The van der Waals surface area contributed by atoms with Crippen molar-refractivity contribution in [2.45, 2.75) is 46.3 Å². The van der Waals surface area contributed by atoms with Gasteiger partial charge in [-0.05, 0) is 158 Å². The van der Waals surface area contributed by atoms with Crippen LogP contribution in [0, 0.1) is 3.57 Å². The lowest BCUT2D eigenvalue weighted by Crippen LogP contribution is -2.41. The van der Waals surface area contributed by atoms with E-state index in [4.69, 9.17) is 9.31 Å². The Balaban J connectivity index is 0.000000145. The molecule has 8 aromatic carbocycles. The summed E-state index contributed by atoms with van der Waals surface area (Å²) in [6.07, 6.45) is 0. The third-order valence-corrected chi connectivity index (χ3v) is 13.7. The number of aromatic nitrogens is 2. The van der Waals surface area contributed by atoms with Gasteiger partial charge in [0.25, 0.3) is 0 Å². The molecule has 0 spiro atoms. The average Bonchev–Trinajstić information content (AvgIpc) is 3.88. The van der Waals surface area contributed by atoms with E-state index in [1.54, 1.807) is 0 Å². The van der Waals surface area contributed by atoms with E-state index in [2.05, 4.69) is 267 Å². The van der Waals surface area contributed by atoms with Crippen molar-refractivity contribution < 1.29 is 9.31 Å². The van der Waals surface area contributed by atoms with Gasteiger partial charge >= 0.3 is 7.12 Å². The highest BCUT2D eigenvalue weighted by atomic mass is 127. The highest BCUT2D eigenvalue weighted by Gasteiger charge is 2.51. The Bertz CT molecular complexity index is 3130. The lowest BCUT2D eigenvalue weighted by molar-refractivity contribution is 0.00578. The van der Waals surface area contributed by atoms with Gasteiger partial charge in [-0.3, -0.25) is 0 Å². The minimum Gasteiger partial charge on any atom is -0.399 e. The summed E-state index contributed by atoms with van der Waals surface area (Å²) < 4.78 is 20.7. The minimum absolute atomic E-state index is 0. The molecule has 0 saturated carbocycles. The SMILES string of the molecule is Brc1ccc(-c2ccc3c(c2)c2ccccc2n3-c2ccccc2)cc1.Brc1ccc(I)cc1.C.CC1(C)OB(c2ccc3c(c2)c2ccccc2n3-c2ccccc2)OC1(C)C. The van der Waals surface area contributed by atoms with E-state index < -0.39 is 0 Å². The normalized spacial score (nSPS) is 13.9. The third-order valence-electron chi connectivity index (χ3n) is 11.9.